The number of carbonyl (C=O) groups excluding carboxylic acids is 2. The Labute approximate surface area is 133 Å². The van der Waals surface area contributed by atoms with Crippen LogP contribution < -0.4 is 10.2 Å². The molecule has 1 aliphatic rings. The molecule has 1 N–H and O–H groups in total. The fraction of sp³-hybridized carbons (Fsp3) is 0.222. The lowest BCUT2D eigenvalue weighted by Gasteiger charge is -2.17. The third-order valence-corrected chi connectivity index (χ3v) is 3.90. The SMILES string of the molecule is O=C(CC(=O)N1CCc2ccccc21)NCc1ccc(F)cc1. The number of nitrogens with zero attached hydrogens (tertiary/aromatic N) is 1. The Hall–Kier alpha value is -2.69. The van der Waals surface area contributed by atoms with Crippen LogP contribution in [0.3, 0.4) is 0 Å². The number of amides is 2. The molecule has 1 aliphatic heterocycles. The van der Waals surface area contributed by atoms with E-state index >= 15 is 0 Å². The van der Waals surface area contributed by atoms with Crippen LogP contribution in [0, 0.1) is 5.82 Å². The molecular weight excluding hydrogens is 295 g/mol. The summed E-state index contributed by atoms with van der Waals surface area (Å²) in [7, 11) is 0. The fourth-order valence-electron chi connectivity index (χ4n) is 2.70. The molecular formula is C18H17FN2O2. The van der Waals surface area contributed by atoms with Crippen molar-refractivity contribution in [3.8, 4) is 0 Å². The van der Waals surface area contributed by atoms with Gasteiger partial charge in [-0.15, -0.1) is 0 Å². The maximum absolute atomic E-state index is 12.8. The molecule has 118 valence electrons. The normalized spacial score (nSPS) is 12.8. The second kappa shape index (κ2) is 6.60. The summed E-state index contributed by atoms with van der Waals surface area (Å²) in [5.74, 6) is -0.849. The first-order chi connectivity index (χ1) is 11.1. The number of fused-ring (bicyclic) bond motifs is 1. The van der Waals surface area contributed by atoms with Gasteiger partial charge in [-0.2, -0.15) is 0 Å². The van der Waals surface area contributed by atoms with E-state index < -0.39 is 0 Å². The van der Waals surface area contributed by atoms with E-state index in [4.69, 9.17) is 0 Å². The second-order valence-corrected chi connectivity index (χ2v) is 5.50. The summed E-state index contributed by atoms with van der Waals surface area (Å²) in [5.41, 5.74) is 2.81. The zero-order chi connectivity index (χ0) is 16.2. The highest BCUT2D eigenvalue weighted by atomic mass is 19.1. The van der Waals surface area contributed by atoms with Crippen molar-refractivity contribution in [1.29, 1.82) is 0 Å². The Kier molecular flexibility index (Phi) is 4.37. The third kappa shape index (κ3) is 3.56. The molecule has 0 saturated heterocycles. The minimum atomic E-state index is -0.330. The lowest BCUT2D eigenvalue weighted by atomic mass is 10.2. The Morgan fingerprint density at radius 3 is 2.61 bits per heavy atom. The maximum atomic E-state index is 12.8. The van der Waals surface area contributed by atoms with Gasteiger partial charge >= 0.3 is 0 Å². The Morgan fingerprint density at radius 2 is 1.83 bits per heavy atom. The van der Waals surface area contributed by atoms with E-state index in [0.717, 1.165) is 23.2 Å². The van der Waals surface area contributed by atoms with Crippen LogP contribution in [0.5, 0.6) is 0 Å². The molecule has 1 heterocycles. The van der Waals surface area contributed by atoms with E-state index in [1.54, 1.807) is 17.0 Å². The lowest BCUT2D eigenvalue weighted by molar-refractivity contribution is -0.128. The number of anilines is 1. The molecule has 4 nitrogen and oxygen atoms in total. The van der Waals surface area contributed by atoms with E-state index in [1.165, 1.54) is 12.1 Å². The van der Waals surface area contributed by atoms with Crippen LogP contribution in [0.2, 0.25) is 0 Å². The third-order valence-electron chi connectivity index (χ3n) is 3.90. The minimum Gasteiger partial charge on any atom is -0.352 e. The molecule has 2 aromatic carbocycles. The predicted molar refractivity (Wildman–Crippen MR) is 85.4 cm³/mol. The van der Waals surface area contributed by atoms with Crippen molar-refractivity contribution in [1.82, 2.24) is 5.32 Å². The lowest BCUT2D eigenvalue weighted by Crippen LogP contribution is -2.34. The molecule has 0 saturated carbocycles. The van der Waals surface area contributed by atoms with Crippen LogP contribution in [-0.2, 0) is 22.6 Å². The van der Waals surface area contributed by atoms with Gasteiger partial charge in [0.1, 0.15) is 12.2 Å². The summed E-state index contributed by atoms with van der Waals surface area (Å²) in [6.45, 7) is 0.895. The van der Waals surface area contributed by atoms with E-state index in [0.29, 0.717) is 6.54 Å². The first-order valence-corrected chi connectivity index (χ1v) is 7.53. The smallest absolute Gasteiger partial charge is 0.236 e. The molecule has 2 amide bonds. The van der Waals surface area contributed by atoms with Gasteiger partial charge in [-0.1, -0.05) is 30.3 Å². The largest absolute Gasteiger partial charge is 0.352 e. The van der Waals surface area contributed by atoms with E-state index in [-0.39, 0.29) is 30.6 Å². The van der Waals surface area contributed by atoms with Gasteiger partial charge in [0.15, 0.2) is 0 Å². The summed E-state index contributed by atoms with van der Waals surface area (Å²) in [6, 6.07) is 13.6. The van der Waals surface area contributed by atoms with Crippen LogP contribution in [0.15, 0.2) is 48.5 Å². The van der Waals surface area contributed by atoms with Gasteiger partial charge in [-0.05, 0) is 35.7 Å². The summed E-state index contributed by atoms with van der Waals surface area (Å²) in [6.07, 6.45) is 0.634. The summed E-state index contributed by atoms with van der Waals surface area (Å²) in [5, 5.41) is 2.69. The van der Waals surface area contributed by atoms with Crippen LogP contribution in [0.4, 0.5) is 10.1 Å². The summed E-state index contributed by atoms with van der Waals surface area (Å²) in [4.78, 5) is 25.9. The second-order valence-electron chi connectivity index (χ2n) is 5.50. The van der Waals surface area contributed by atoms with Gasteiger partial charge < -0.3 is 10.2 Å². The van der Waals surface area contributed by atoms with Gasteiger partial charge in [-0.25, -0.2) is 4.39 Å². The highest BCUT2D eigenvalue weighted by molar-refractivity contribution is 6.05. The van der Waals surface area contributed by atoms with Gasteiger partial charge in [0.2, 0.25) is 11.8 Å². The van der Waals surface area contributed by atoms with Crippen LogP contribution in [0.25, 0.3) is 0 Å². The van der Waals surface area contributed by atoms with Crippen LogP contribution in [-0.4, -0.2) is 18.4 Å². The number of hydrogen-bond donors (Lipinski definition) is 1. The highest BCUT2D eigenvalue weighted by Crippen LogP contribution is 2.27. The quantitative estimate of drug-likeness (QED) is 0.882. The Balaban J connectivity index is 1.54. The molecule has 0 radical (unpaired) electrons. The maximum Gasteiger partial charge on any atom is 0.236 e. The molecule has 0 atom stereocenters. The van der Waals surface area contributed by atoms with Crippen molar-refractivity contribution in [3.63, 3.8) is 0 Å². The first kappa shape index (κ1) is 15.2. The fourth-order valence-corrected chi connectivity index (χ4v) is 2.70. The average molecular weight is 312 g/mol. The Bertz CT molecular complexity index is 728. The number of nitrogens with one attached hydrogen (secondary N) is 1. The number of para-hydroxylation sites is 1. The number of benzene rings is 2. The average Bonchev–Trinajstić information content (AvgIpc) is 2.98. The van der Waals surface area contributed by atoms with Crippen molar-refractivity contribution < 1.29 is 14.0 Å². The van der Waals surface area contributed by atoms with Crippen molar-refractivity contribution in [3.05, 3.63) is 65.5 Å². The van der Waals surface area contributed by atoms with Crippen molar-refractivity contribution in [2.45, 2.75) is 19.4 Å². The first-order valence-electron chi connectivity index (χ1n) is 7.53. The molecule has 0 bridgehead atoms. The molecule has 0 fully saturated rings. The molecule has 0 spiro atoms. The standard InChI is InChI=1S/C18H17FN2O2/c19-15-7-5-13(6-8-15)12-20-17(22)11-18(23)21-10-9-14-3-1-2-4-16(14)21/h1-8H,9-12H2,(H,20,22). The monoisotopic (exact) mass is 312 g/mol. The van der Waals surface area contributed by atoms with Crippen molar-refractivity contribution in [2.24, 2.45) is 0 Å². The molecule has 0 unspecified atom stereocenters. The summed E-state index contributed by atoms with van der Waals surface area (Å²) >= 11 is 0. The predicted octanol–water partition coefficient (Wildman–Crippen LogP) is 2.42. The van der Waals surface area contributed by atoms with Gasteiger partial charge in [0.05, 0.1) is 0 Å². The molecule has 2 aromatic rings. The number of hydrogen-bond acceptors (Lipinski definition) is 2. The van der Waals surface area contributed by atoms with E-state index in [1.807, 2.05) is 24.3 Å². The Morgan fingerprint density at radius 1 is 1.09 bits per heavy atom. The molecule has 0 aliphatic carbocycles. The van der Waals surface area contributed by atoms with Gasteiger partial charge in [0, 0.05) is 18.8 Å². The van der Waals surface area contributed by atoms with E-state index in [2.05, 4.69) is 5.32 Å². The van der Waals surface area contributed by atoms with Crippen LogP contribution >= 0.6 is 0 Å². The molecule has 3 rings (SSSR count). The number of carbonyl (C=O) groups is 2. The zero-order valence-electron chi connectivity index (χ0n) is 12.6. The summed E-state index contributed by atoms with van der Waals surface area (Å²) < 4.78 is 12.8. The minimum absolute atomic E-state index is 0.185. The van der Waals surface area contributed by atoms with Gasteiger partial charge in [0.25, 0.3) is 0 Å². The molecule has 5 heteroatoms. The van der Waals surface area contributed by atoms with Crippen molar-refractivity contribution in [2.75, 3.05) is 11.4 Å². The highest BCUT2D eigenvalue weighted by Gasteiger charge is 2.25. The number of halogens is 1. The zero-order valence-corrected chi connectivity index (χ0v) is 12.6. The van der Waals surface area contributed by atoms with E-state index in [9.17, 15) is 14.0 Å². The topological polar surface area (TPSA) is 49.4 Å². The van der Waals surface area contributed by atoms with Crippen LogP contribution in [0.1, 0.15) is 17.5 Å². The van der Waals surface area contributed by atoms with Gasteiger partial charge in [-0.3, -0.25) is 9.59 Å². The van der Waals surface area contributed by atoms with Crippen molar-refractivity contribution >= 4 is 17.5 Å². The molecule has 0 aromatic heterocycles. The number of rotatable bonds is 4. The molecule has 23 heavy (non-hydrogen) atoms.